The molecule has 4 nitrogen and oxygen atoms in total. The molecule has 2 aromatic rings. The summed E-state index contributed by atoms with van der Waals surface area (Å²) in [5.41, 5.74) is 6.64. The number of benzene rings is 1. The van der Waals surface area contributed by atoms with Crippen LogP contribution in [0.5, 0.6) is 0 Å². The molecule has 98 valence electrons. The highest BCUT2D eigenvalue weighted by Gasteiger charge is 2.17. The Hall–Kier alpha value is -2.07. The number of hydrogen-bond acceptors (Lipinski definition) is 3. The number of carbonyl (C=O) groups is 1. The maximum absolute atomic E-state index is 10.9. The van der Waals surface area contributed by atoms with Crippen LogP contribution in [0, 0.1) is 0 Å². The fourth-order valence-electron chi connectivity index (χ4n) is 2.23. The Labute approximate surface area is 112 Å². The molecular formula is C15H17N3O. The summed E-state index contributed by atoms with van der Waals surface area (Å²) in [6.45, 7) is 2.22. The van der Waals surface area contributed by atoms with Crippen LogP contribution in [-0.2, 0) is 4.79 Å². The predicted molar refractivity (Wildman–Crippen MR) is 75.0 cm³/mol. The maximum Gasteiger partial charge on any atom is 0.120 e. The third-order valence-electron chi connectivity index (χ3n) is 3.38. The van der Waals surface area contributed by atoms with Crippen molar-refractivity contribution in [1.29, 1.82) is 0 Å². The zero-order chi connectivity index (χ0) is 13.1. The normalized spacial score (nSPS) is 16.0. The number of carbonyl (C=O) groups excluding carboxylic acids is 1. The lowest BCUT2D eigenvalue weighted by Gasteiger charge is -2.14. The standard InChI is InChI=1S/C15H17N3O/c19-11-7-14(15-2-1-8-16-15)12-3-5-13(6-4-12)17-18-9-10-18/h1-6,8,11,14,16-17H,7,9-10H2/t14-/m1/s1. The zero-order valence-corrected chi connectivity index (χ0v) is 10.7. The molecule has 1 aliphatic heterocycles. The highest BCUT2D eigenvalue weighted by atomic mass is 16.1. The van der Waals surface area contributed by atoms with Crippen molar-refractivity contribution in [1.82, 2.24) is 9.99 Å². The van der Waals surface area contributed by atoms with E-state index in [1.165, 1.54) is 0 Å². The van der Waals surface area contributed by atoms with E-state index < -0.39 is 0 Å². The van der Waals surface area contributed by atoms with Crippen molar-refractivity contribution >= 4 is 12.0 Å². The number of hydrogen-bond donors (Lipinski definition) is 2. The molecule has 2 heterocycles. The maximum atomic E-state index is 10.9. The van der Waals surface area contributed by atoms with Crippen LogP contribution < -0.4 is 5.43 Å². The van der Waals surface area contributed by atoms with Crippen molar-refractivity contribution in [3.8, 4) is 0 Å². The van der Waals surface area contributed by atoms with Gasteiger partial charge in [0, 0.05) is 43.0 Å². The molecule has 1 aliphatic rings. The molecule has 0 bridgehead atoms. The Morgan fingerprint density at radius 2 is 2.05 bits per heavy atom. The zero-order valence-electron chi connectivity index (χ0n) is 10.7. The molecule has 1 atom stereocenters. The van der Waals surface area contributed by atoms with Crippen molar-refractivity contribution in [2.75, 3.05) is 18.5 Å². The van der Waals surface area contributed by atoms with E-state index in [4.69, 9.17) is 0 Å². The van der Waals surface area contributed by atoms with Gasteiger partial charge in [-0.1, -0.05) is 12.1 Å². The summed E-state index contributed by atoms with van der Waals surface area (Å²) in [4.78, 5) is 14.1. The summed E-state index contributed by atoms with van der Waals surface area (Å²) >= 11 is 0. The molecule has 0 radical (unpaired) electrons. The molecule has 19 heavy (non-hydrogen) atoms. The first kappa shape index (κ1) is 12.0. The van der Waals surface area contributed by atoms with Crippen LogP contribution in [0.1, 0.15) is 23.6 Å². The highest BCUT2D eigenvalue weighted by molar-refractivity contribution is 5.54. The number of hydrazine groups is 1. The van der Waals surface area contributed by atoms with Gasteiger partial charge < -0.3 is 15.2 Å². The number of aldehydes is 1. The Balaban J connectivity index is 1.79. The van der Waals surface area contributed by atoms with Crippen LogP contribution in [0.15, 0.2) is 42.6 Å². The first-order valence-corrected chi connectivity index (χ1v) is 6.55. The van der Waals surface area contributed by atoms with Crippen molar-refractivity contribution in [3.05, 3.63) is 53.9 Å². The summed E-state index contributed by atoms with van der Waals surface area (Å²) in [5, 5.41) is 2.14. The molecule has 2 N–H and O–H groups in total. The van der Waals surface area contributed by atoms with Gasteiger partial charge in [0.05, 0.1) is 0 Å². The Bertz CT molecular complexity index is 529. The lowest BCUT2D eigenvalue weighted by atomic mass is 9.93. The number of nitrogens with one attached hydrogen (secondary N) is 2. The molecule has 0 spiro atoms. The molecule has 1 fully saturated rings. The van der Waals surface area contributed by atoms with Crippen LogP contribution in [0.25, 0.3) is 0 Å². The second-order valence-electron chi connectivity index (χ2n) is 4.80. The summed E-state index contributed by atoms with van der Waals surface area (Å²) < 4.78 is 0. The quantitative estimate of drug-likeness (QED) is 0.615. The van der Waals surface area contributed by atoms with Gasteiger partial charge in [-0.2, -0.15) is 0 Å². The number of nitrogens with zero attached hydrogens (tertiary/aromatic N) is 1. The first-order valence-electron chi connectivity index (χ1n) is 6.55. The lowest BCUT2D eigenvalue weighted by molar-refractivity contribution is -0.108. The van der Waals surface area contributed by atoms with Crippen LogP contribution >= 0.6 is 0 Å². The van der Waals surface area contributed by atoms with E-state index in [1.54, 1.807) is 0 Å². The molecule has 0 aliphatic carbocycles. The van der Waals surface area contributed by atoms with E-state index in [0.29, 0.717) is 6.42 Å². The molecule has 1 saturated heterocycles. The monoisotopic (exact) mass is 255 g/mol. The van der Waals surface area contributed by atoms with Gasteiger partial charge in [0.25, 0.3) is 0 Å². The fraction of sp³-hybridized carbons (Fsp3) is 0.267. The third-order valence-corrected chi connectivity index (χ3v) is 3.38. The molecule has 0 saturated carbocycles. The van der Waals surface area contributed by atoms with Gasteiger partial charge in [-0.15, -0.1) is 0 Å². The molecule has 0 amide bonds. The van der Waals surface area contributed by atoms with Gasteiger partial charge in [0.15, 0.2) is 0 Å². The summed E-state index contributed by atoms with van der Waals surface area (Å²) in [7, 11) is 0. The number of aromatic amines is 1. The van der Waals surface area contributed by atoms with Crippen LogP contribution in [0.4, 0.5) is 5.69 Å². The van der Waals surface area contributed by atoms with Crippen molar-refractivity contribution in [3.63, 3.8) is 0 Å². The number of aromatic nitrogens is 1. The van der Waals surface area contributed by atoms with Gasteiger partial charge in [0.2, 0.25) is 0 Å². The second-order valence-corrected chi connectivity index (χ2v) is 4.80. The van der Waals surface area contributed by atoms with Crippen LogP contribution in [0.3, 0.4) is 0 Å². The smallest absolute Gasteiger partial charge is 0.120 e. The molecule has 4 heteroatoms. The van der Waals surface area contributed by atoms with E-state index in [9.17, 15) is 4.79 Å². The highest BCUT2D eigenvalue weighted by Crippen LogP contribution is 2.27. The average molecular weight is 255 g/mol. The molecule has 3 rings (SSSR count). The SMILES string of the molecule is O=CC[C@H](c1ccc(NN2CC2)cc1)c1ccc[nH]1. The Morgan fingerprint density at radius 3 is 2.63 bits per heavy atom. The minimum atomic E-state index is 0.114. The summed E-state index contributed by atoms with van der Waals surface area (Å²) in [5.74, 6) is 0.114. The number of rotatable bonds is 6. The van der Waals surface area contributed by atoms with E-state index in [-0.39, 0.29) is 5.92 Å². The first-order chi connectivity index (χ1) is 9.36. The molecular weight excluding hydrogens is 238 g/mol. The summed E-state index contributed by atoms with van der Waals surface area (Å²) in [6, 6.07) is 12.3. The van der Waals surface area contributed by atoms with Crippen molar-refractivity contribution < 1.29 is 4.79 Å². The third kappa shape index (κ3) is 2.85. The summed E-state index contributed by atoms with van der Waals surface area (Å²) in [6.07, 6.45) is 3.37. The Morgan fingerprint density at radius 1 is 1.26 bits per heavy atom. The van der Waals surface area contributed by atoms with Crippen molar-refractivity contribution in [2.24, 2.45) is 0 Å². The second kappa shape index (κ2) is 5.28. The fourth-order valence-corrected chi connectivity index (χ4v) is 2.23. The van der Waals surface area contributed by atoms with Crippen molar-refractivity contribution in [2.45, 2.75) is 12.3 Å². The number of H-pyrrole nitrogens is 1. The van der Waals surface area contributed by atoms with E-state index in [2.05, 4.69) is 39.7 Å². The average Bonchev–Trinajstić information content (AvgIpc) is 3.08. The van der Waals surface area contributed by atoms with Crippen LogP contribution in [0.2, 0.25) is 0 Å². The largest absolute Gasteiger partial charge is 0.364 e. The minimum Gasteiger partial charge on any atom is -0.364 e. The van der Waals surface area contributed by atoms with Crippen LogP contribution in [-0.4, -0.2) is 29.4 Å². The molecule has 0 unspecified atom stereocenters. The van der Waals surface area contributed by atoms with E-state index in [1.807, 2.05) is 18.3 Å². The van der Waals surface area contributed by atoms with E-state index >= 15 is 0 Å². The van der Waals surface area contributed by atoms with Gasteiger partial charge in [-0.3, -0.25) is 0 Å². The van der Waals surface area contributed by atoms with E-state index in [0.717, 1.165) is 36.3 Å². The molecule has 1 aromatic heterocycles. The topological polar surface area (TPSA) is 47.9 Å². The molecule has 1 aromatic carbocycles. The predicted octanol–water partition coefficient (Wildman–Crippen LogP) is 2.38. The minimum absolute atomic E-state index is 0.114. The van der Waals surface area contributed by atoms with Gasteiger partial charge in [0.1, 0.15) is 6.29 Å². The van der Waals surface area contributed by atoms with Gasteiger partial charge >= 0.3 is 0 Å². The Kier molecular flexibility index (Phi) is 3.33. The lowest BCUT2D eigenvalue weighted by Crippen LogP contribution is -2.07. The van der Waals surface area contributed by atoms with Gasteiger partial charge in [-0.05, 0) is 29.8 Å². The number of anilines is 1. The van der Waals surface area contributed by atoms with Gasteiger partial charge in [-0.25, -0.2) is 5.01 Å².